The Morgan fingerprint density at radius 1 is 0.585 bits per heavy atom. The molecule has 0 radical (unpaired) electrons. The number of aromatic nitrogens is 8. The molecular weight excluding hydrogens is 1350 g/mol. The number of nitrogens with zero attached hydrogens (tertiary/aromatic N) is 8. The summed E-state index contributed by atoms with van der Waals surface area (Å²) in [6, 6.07) is 13.0. The van der Waals surface area contributed by atoms with Crippen LogP contribution in [-0.4, -0.2) is 152 Å². The average Bonchev–Trinajstić information content (AvgIpc) is 1.61. The summed E-state index contributed by atoms with van der Waals surface area (Å²) < 4.78 is 162. The van der Waals surface area contributed by atoms with Crippen LogP contribution in [0.5, 0.6) is 23.8 Å². The van der Waals surface area contributed by atoms with E-state index in [1.807, 2.05) is 40.7 Å². The van der Waals surface area contributed by atoms with Crippen molar-refractivity contribution in [3.05, 3.63) is 88.2 Å². The number of aryl methyl sites for hydroxylation is 2. The minimum absolute atomic E-state index is 0.0212. The van der Waals surface area contributed by atoms with Gasteiger partial charge in [-0.15, -0.1) is 10.2 Å². The minimum atomic E-state index is -4.59. The Kier molecular flexibility index (Phi) is 26.6. The summed E-state index contributed by atoms with van der Waals surface area (Å²) in [5, 5.41) is 8.21. The number of halogens is 9. The van der Waals surface area contributed by atoms with Gasteiger partial charge in [0.2, 0.25) is 11.8 Å². The monoisotopic (exact) mass is 1430 g/mol. The molecule has 0 N–H and O–H groups in total. The standard InChI is InChI=1S/C28H36F4N4O5Si.C18H28BNO5.C16H20BrF4N3O2Si/c1-18-12-23(40-15-27(2,3)25(37)38-4)33-14-21(18)19-8-9-20(22(29)13-19)24-34-26(41-16-28(30,31)32)36(35-24)17-39-10-11-42(5,6)7;1-12-9-14(23-11-16(2,3)15(21)22-8)20-10-13(12)19-24-17(4,5)18(6,7)25-19;1-27(2,3)7-6-25-10-24-15(26-9-16(19,20)21)22-14(23-24)12-5-4-11(17)8-13(12)18/h8-9,12-14H,10-11,15-17H2,1-7H3;9-10H,11H2,1-8H3;4-5,8H,6-7,9-10H2,1-3H3. The van der Waals surface area contributed by atoms with Gasteiger partial charge in [-0.05, 0) is 128 Å². The van der Waals surface area contributed by atoms with E-state index in [-0.39, 0.29) is 61.4 Å². The molecule has 1 aliphatic heterocycles. The van der Waals surface area contributed by atoms with Crippen molar-refractivity contribution in [3.8, 4) is 57.7 Å². The number of methoxy groups -OCH3 is 2. The lowest BCUT2D eigenvalue weighted by Crippen LogP contribution is -2.41. The molecule has 6 aromatic rings. The molecule has 518 valence electrons. The summed E-state index contributed by atoms with van der Waals surface area (Å²) in [4.78, 5) is 40.1. The van der Waals surface area contributed by atoms with Crippen molar-refractivity contribution >= 4 is 56.6 Å². The lowest BCUT2D eigenvalue weighted by atomic mass is 9.77. The van der Waals surface area contributed by atoms with Gasteiger partial charge in [0, 0.05) is 69.4 Å². The fourth-order valence-corrected chi connectivity index (χ4v) is 9.93. The topological polar surface area (TPSA) is 214 Å². The van der Waals surface area contributed by atoms with Crippen molar-refractivity contribution < 1.29 is 91.9 Å². The van der Waals surface area contributed by atoms with E-state index in [9.17, 15) is 40.3 Å². The molecule has 1 fully saturated rings. The summed E-state index contributed by atoms with van der Waals surface area (Å²) in [6.07, 6.45) is -5.89. The summed E-state index contributed by atoms with van der Waals surface area (Å²) in [6.45, 7) is 29.4. The van der Waals surface area contributed by atoms with Gasteiger partial charge in [-0.2, -0.15) is 45.7 Å². The molecular formula is C62H84BBrF8N8O12Si2. The van der Waals surface area contributed by atoms with Crippen LogP contribution in [0.1, 0.15) is 66.5 Å². The number of carbonyl (C=O) groups excluding carboxylic acids is 2. The van der Waals surface area contributed by atoms with Crippen LogP contribution in [-0.2, 0) is 51.3 Å². The predicted molar refractivity (Wildman–Crippen MR) is 345 cm³/mol. The normalized spacial score (nSPS) is 14.1. The molecule has 2 aromatic carbocycles. The van der Waals surface area contributed by atoms with Crippen LogP contribution < -0.4 is 24.4 Å². The van der Waals surface area contributed by atoms with Crippen LogP contribution in [0.3, 0.4) is 0 Å². The molecule has 0 atom stereocenters. The lowest BCUT2D eigenvalue weighted by molar-refractivity contribution is -0.156. The molecule has 1 aliphatic rings. The van der Waals surface area contributed by atoms with E-state index in [1.165, 1.54) is 44.7 Å². The summed E-state index contributed by atoms with van der Waals surface area (Å²) in [5.41, 5.74) is 1.32. The number of alkyl halides is 6. The third-order valence-corrected chi connectivity index (χ3v) is 18.4. The first-order valence-corrected chi connectivity index (χ1v) is 37.9. The highest BCUT2D eigenvalue weighted by molar-refractivity contribution is 9.10. The molecule has 0 bridgehead atoms. The molecule has 0 unspecified atom stereocenters. The van der Waals surface area contributed by atoms with Gasteiger partial charge in [0.15, 0.2) is 24.9 Å². The Morgan fingerprint density at radius 3 is 1.38 bits per heavy atom. The van der Waals surface area contributed by atoms with Gasteiger partial charge in [-0.25, -0.2) is 18.7 Å². The zero-order chi connectivity index (χ0) is 70.6. The van der Waals surface area contributed by atoms with Crippen molar-refractivity contribution in [2.75, 3.05) is 53.9 Å². The molecule has 0 aliphatic carbocycles. The van der Waals surface area contributed by atoms with Crippen molar-refractivity contribution in [2.45, 2.75) is 158 Å². The van der Waals surface area contributed by atoms with Crippen molar-refractivity contribution in [1.82, 2.24) is 39.5 Å². The van der Waals surface area contributed by atoms with E-state index in [2.05, 4.69) is 85.3 Å². The van der Waals surface area contributed by atoms with Crippen LogP contribution >= 0.6 is 15.9 Å². The molecule has 32 heteroatoms. The summed E-state index contributed by atoms with van der Waals surface area (Å²) in [7, 11) is -0.493. The van der Waals surface area contributed by atoms with Gasteiger partial charge < -0.3 is 47.2 Å². The molecule has 20 nitrogen and oxygen atoms in total. The second kappa shape index (κ2) is 32.0. The van der Waals surface area contributed by atoms with Crippen molar-refractivity contribution in [3.63, 3.8) is 0 Å². The summed E-state index contributed by atoms with van der Waals surface area (Å²) >= 11 is 3.14. The number of benzene rings is 2. The number of carbonyl (C=O) groups is 2. The van der Waals surface area contributed by atoms with Gasteiger partial charge in [0.1, 0.15) is 38.3 Å². The Balaban J connectivity index is 0.000000268. The Labute approximate surface area is 553 Å². The smallest absolute Gasteiger partial charge is 0.476 e. The summed E-state index contributed by atoms with van der Waals surface area (Å²) in [5.74, 6) is -1.51. The lowest BCUT2D eigenvalue weighted by Gasteiger charge is -2.32. The SMILES string of the molecule is COC(=O)C(C)(C)COc1cc(C)c(-c2ccc(-c3nc(OCC(F)(F)F)n(COCC[Si](C)(C)C)n3)c(F)c2)cn1.COC(=O)C(C)(C)COc1cc(C)c(B2OC(C)(C)C(C)(C)O2)cn1.C[Si](C)(C)CCOCn1nc(-c2ccc(Br)cc2F)nc1OCC(F)(F)F. The van der Waals surface area contributed by atoms with Crippen LogP contribution in [0.15, 0.2) is 65.4 Å². The number of rotatable bonds is 26. The van der Waals surface area contributed by atoms with Gasteiger partial charge in [0.25, 0.3) is 0 Å². The number of esters is 2. The third-order valence-electron chi connectivity index (χ3n) is 14.5. The molecule has 4 aromatic heterocycles. The molecule has 1 saturated heterocycles. The van der Waals surface area contributed by atoms with E-state index < -0.39 is 94.5 Å². The van der Waals surface area contributed by atoms with E-state index in [4.69, 9.17) is 47.2 Å². The van der Waals surface area contributed by atoms with E-state index >= 15 is 4.39 Å². The third kappa shape index (κ3) is 23.7. The predicted octanol–water partition coefficient (Wildman–Crippen LogP) is 13.7. The largest absolute Gasteiger partial charge is 0.496 e. The molecule has 0 amide bonds. The number of pyridine rings is 2. The van der Waals surface area contributed by atoms with E-state index in [0.29, 0.717) is 40.6 Å². The highest BCUT2D eigenvalue weighted by Crippen LogP contribution is 2.37. The van der Waals surface area contributed by atoms with Gasteiger partial charge in [0.05, 0.1) is 47.4 Å². The number of hydrogen-bond acceptors (Lipinski definition) is 18. The van der Waals surface area contributed by atoms with Crippen LogP contribution in [0, 0.1) is 36.3 Å². The minimum Gasteiger partial charge on any atom is -0.476 e. The van der Waals surface area contributed by atoms with Gasteiger partial charge in [-0.1, -0.05) is 61.3 Å². The van der Waals surface area contributed by atoms with Crippen molar-refractivity contribution in [1.29, 1.82) is 0 Å². The second-order valence-electron chi connectivity index (χ2n) is 26.9. The van der Waals surface area contributed by atoms with E-state index in [1.54, 1.807) is 59.0 Å². The quantitative estimate of drug-likeness (QED) is 0.0214. The fraction of sp³-hybridized carbons (Fsp3) is 0.548. The zero-order valence-electron chi connectivity index (χ0n) is 56.3. The highest BCUT2D eigenvalue weighted by Gasteiger charge is 2.52. The zero-order valence-corrected chi connectivity index (χ0v) is 59.9. The van der Waals surface area contributed by atoms with E-state index in [0.717, 1.165) is 38.0 Å². The molecule has 5 heterocycles. The van der Waals surface area contributed by atoms with Crippen LogP contribution in [0.25, 0.3) is 33.9 Å². The molecule has 0 saturated carbocycles. The fourth-order valence-electron chi connectivity index (χ4n) is 8.08. The number of hydrogen-bond donors (Lipinski definition) is 0. The average molecular weight is 1430 g/mol. The van der Waals surface area contributed by atoms with Crippen LogP contribution in [0.4, 0.5) is 35.1 Å². The van der Waals surface area contributed by atoms with Gasteiger partial charge in [-0.3, -0.25) is 9.59 Å². The van der Waals surface area contributed by atoms with Crippen molar-refractivity contribution in [2.24, 2.45) is 10.8 Å². The highest BCUT2D eigenvalue weighted by atomic mass is 79.9. The molecule has 0 spiro atoms. The first kappa shape index (κ1) is 78.1. The maximum absolute atomic E-state index is 15.3. The van der Waals surface area contributed by atoms with Crippen LogP contribution in [0.2, 0.25) is 51.4 Å². The Bertz CT molecular complexity index is 3510. The molecule has 7 rings (SSSR count). The Morgan fingerprint density at radius 2 is 1.00 bits per heavy atom. The second-order valence-corrected chi connectivity index (χ2v) is 39.0. The number of ether oxygens (including phenoxy) is 8. The molecule has 94 heavy (non-hydrogen) atoms. The first-order valence-electron chi connectivity index (χ1n) is 29.7. The maximum atomic E-state index is 15.3. The van der Waals surface area contributed by atoms with Gasteiger partial charge >= 0.3 is 43.4 Å². The first-order chi connectivity index (χ1) is 43.3. The maximum Gasteiger partial charge on any atom is 0.496 e. The Hall–Kier alpha value is -6.58.